The van der Waals surface area contributed by atoms with Gasteiger partial charge in [-0.2, -0.15) is 0 Å². The first kappa shape index (κ1) is 45.2. The lowest BCUT2D eigenvalue weighted by Crippen LogP contribution is -2.64. The maximum absolute atomic E-state index is 14.7. The molecule has 2 aliphatic heterocycles. The average Bonchev–Trinajstić information content (AvgIpc) is 3.82. The second kappa shape index (κ2) is 18.4. The predicted octanol–water partition coefficient (Wildman–Crippen LogP) is 5.21. The molecule has 0 spiro atoms. The molecule has 19 heteroatoms. The standard InChI is InChI=1S/C42H55N7O10S2/c1-24-13-11-9-8-10-12-14-30(46-40(54)59-41(3,4)5)37(52)49-22-27(20-34(49)36(51)47-42(24,6)38(53)48-61(55,56)28-16-17-28)58-35-21-32(33-23-60-39(45-33)43-25(2)50)44-31-19-26(57-7)15-18-29(31)35/h11,13,15,18-19,21,23-24,27-28,30,34H,8-10,12,14,16-17,20,22H2,1-7H3,(H,46,54)(H,47,51)(H,48,53)(H,43,45,50)/t24?,27?,30-,34-,42+/m0/s1. The van der Waals surface area contributed by atoms with Crippen LogP contribution in [0.2, 0.25) is 0 Å². The van der Waals surface area contributed by atoms with Crippen molar-refractivity contribution in [3.63, 3.8) is 0 Å². The molecule has 5 atom stereocenters. The van der Waals surface area contributed by atoms with Crippen molar-refractivity contribution >= 4 is 67.1 Å². The van der Waals surface area contributed by atoms with E-state index in [0.29, 0.717) is 64.6 Å². The molecular formula is C42H55N7O10S2. The zero-order valence-electron chi connectivity index (χ0n) is 35.5. The lowest BCUT2D eigenvalue weighted by Gasteiger charge is -2.36. The number of pyridine rings is 1. The summed E-state index contributed by atoms with van der Waals surface area (Å²) in [5.74, 6) is -2.17. The first-order valence-corrected chi connectivity index (χ1v) is 22.9. The Kier molecular flexibility index (Phi) is 13.6. The van der Waals surface area contributed by atoms with Gasteiger partial charge in [0.15, 0.2) is 5.13 Å². The summed E-state index contributed by atoms with van der Waals surface area (Å²) < 4.78 is 45.9. The number of anilines is 1. The van der Waals surface area contributed by atoms with E-state index >= 15 is 0 Å². The van der Waals surface area contributed by atoms with Gasteiger partial charge in [-0.25, -0.2) is 23.2 Å². The van der Waals surface area contributed by atoms with E-state index in [1.54, 1.807) is 63.4 Å². The molecule has 330 valence electrons. The number of thiazole rings is 1. The molecule has 3 aliphatic rings. The molecule has 4 heterocycles. The van der Waals surface area contributed by atoms with Crippen molar-refractivity contribution in [2.75, 3.05) is 19.0 Å². The molecule has 1 aliphatic carbocycles. The smallest absolute Gasteiger partial charge is 0.408 e. The number of aromatic nitrogens is 2. The maximum Gasteiger partial charge on any atom is 0.408 e. The Labute approximate surface area is 359 Å². The van der Waals surface area contributed by atoms with Crippen LogP contribution in [0.5, 0.6) is 11.5 Å². The normalized spacial score (nSPS) is 24.1. The van der Waals surface area contributed by atoms with Crippen LogP contribution in [0, 0.1) is 5.92 Å². The van der Waals surface area contributed by atoms with Gasteiger partial charge in [-0.1, -0.05) is 31.9 Å². The van der Waals surface area contributed by atoms with Crippen LogP contribution in [0.3, 0.4) is 0 Å². The summed E-state index contributed by atoms with van der Waals surface area (Å²) in [6, 6.07) is 4.70. The first-order chi connectivity index (χ1) is 28.8. The molecule has 0 radical (unpaired) electrons. The fourth-order valence-electron chi connectivity index (χ4n) is 7.29. The zero-order valence-corrected chi connectivity index (χ0v) is 37.2. The van der Waals surface area contributed by atoms with Gasteiger partial charge in [0.25, 0.3) is 5.91 Å². The van der Waals surface area contributed by atoms with E-state index in [1.165, 1.54) is 37.2 Å². The van der Waals surface area contributed by atoms with Crippen LogP contribution in [-0.2, 0) is 33.9 Å². The number of rotatable bonds is 9. The second-order valence-corrected chi connectivity index (χ2v) is 19.8. The Morgan fingerprint density at radius 1 is 1.03 bits per heavy atom. The van der Waals surface area contributed by atoms with Crippen LogP contribution in [0.25, 0.3) is 22.3 Å². The van der Waals surface area contributed by atoms with Gasteiger partial charge < -0.3 is 35.1 Å². The van der Waals surface area contributed by atoms with E-state index in [4.69, 9.17) is 19.2 Å². The van der Waals surface area contributed by atoms with E-state index in [9.17, 15) is 32.4 Å². The fraction of sp³-hybridized carbons (Fsp3) is 0.548. The molecular weight excluding hydrogens is 827 g/mol. The summed E-state index contributed by atoms with van der Waals surface area (Å²) in [4.78, 5) is 79.0. The van der Waals surface area contributed by atoms with Crippen molar-refractivity contribution in [2.45, 2.75) is 127 Å². The predicted molar refractivity (Wildman–Crippen MR) is 229 cm³/mol. The van der Waals surface area contributed by atoms with Crippen molar-refractivity contribution in [2.24, 2.45) is 5.92 Å². The Hall–Kier alpha value is -5.30. The van der Waals surface area contributed by atoms with E-state index < -0.39 is 74.3 Å². The number of fused-ring (bicyclic) bond motifs is 2. The molecule has 0 bridgehead atoms. The van der Waals surface area contributed by atoms with Gasteiger partial charge in [0.1, 0.15) is 46.5 Å². The quantitative estimate of drug-likeness (QED) is 0.204. The lowest BCUT2D eigenvalue weighted by atomic mass is 9.85. The summed E-state index contributed by atoms with van der Waals surface area (Å²) >= 11 is 1.23. The molecule has 2 fully saturated rings. The number of carbonyl (C=O) groups is 5. The molecule has 4 N–H and O–H groups in total. The Morgan fingerprint density at radius 2 is 1.79 bits per heavy atom. The summed E-state index contributed by atoms with van der Waals surface area (Å²) in [6.45, 7) is 9.65. The van der Waals surface area contributed by atoms with Gasteiger partial charge in [0, 0.05) is 42.2 Å². The van der Waals surface area contributed by atoms with Gasteiger partial charge in [-0.15, -0.1) is 11.3 Å². The Balaban J connectivity index is 1.38. The topological polar surface area (TPSA) is 224 Å². The number of hydrogen-bond donors (Lipinski definition) is 4. The number of ether oxygens (including phenoxy) is 3. The van der Waals surface area contributed by atoms with Crippen LogP contribution < -0.4 is 30.1 Å². The van der Waals surface area contributed by atoms with E-state index in [2.05, 4.69) is 25.7 Å². The highest BCUT2D eigenvalue weighted by atomic mass is 32.2. The summed E-state index contributed by atoms with van der Waals surface area (Å²) in [6.07, 6.45) is 5.90. The maximum atomic E-state index is 14.7. The van der Waals surface area contributed by atoms with Gasteiger partial charge in [-0.05, 0) is 71.9 Å². The highest BCUT2D eigenvalue weighted by molar-refractivity contribution is 7.91. The highest BCUT2D eigenvalue weighted by Crippen LogP contribution is 2.36. The number of carbonyl (C=O) groups excluding carboxylic acids is 5. The van der Waals surface area contributed by atoms with Crippen molar-refractivity contribution < 1.29 is 46.6 Å². The molecule has 2 aromatic heterocycles. The second-order valence-electron chi connectivity index (χ2n) is 17.0. The minimum Gasteiger partial charge on any atom is -0.497 e. The number of nitrogens with zero attached hydrogens (tertiary/aromatic N) is 3. The van der Waals surface area contributed by atoms with Gasteiger partial charge in [-0.3, -0.25) is 23.9 Å². The van der Waals surface area contributed by atoms with Gasteiger partial charge in [0.2, 0.25) is 27.7 Å². The van der Waals surface area contributed by atoms with E-state index in [-0.39, 0.29) is 25.3 Å². The van der Waals surface area contributed by atoms with Crippen molar-refractivity contribution in [1.29, 1.82) is 0 Å². The molecule has 2 unspecified atom stereocenters. The molecule has 3 aromatic rings. The van der Waals surface area contributed by atoms with Gasteiger partial charge in [0.05, 0.1) is 30.1 Å². The van der Waals surface area contributed by atoms with Crippen molar-refractivity contribution in [1.82, 2.24) is 30.2 Å². The van der Waals surface area contributed by atoms with Crippen molar-refractivity contribution in [3.8, 4) is 22.9 Å². The highest BCUT2D eigenvalue weighted by Gasteiger charge is 2.49. The third-order valence-electron chi connectivity index (χ3n) is 10.9. The van der Waals surface area contributed by atoms with Crippen LogP contribution in [0.1, 0.15) is 92.9 Å². The monoisotopic (exact) mass is 881 g/mol. The van der Waals surface area contributed by atoms with Crippen LogP contribution in [0.15, 0.2) is 41.8 Å². The number of methoxy groups -OCH3 is 1. The molecule has 6 rings (SSSR count). The number of sulfonamides is 1. The minimum absolute atomic E-state index is 0.0301. The molecule has 5 amide bonds. The number of hydrogen-bond acceptors (Lipinski definition) is 13. The van der Waals surface area contributed by atoms with Crippen LogP contribution >= 0.6 is 11.3 Å². The third kappa shape index (κ3) is 11.2. The number of allylic oxidation sites excluding steroid dienone is 1. The molecule has 17 nitrogen and oxygen atoms in total. The first-order valence-electron chi connectivity index (χ1n) is 20.5. The Morgan fingerprint density at radius 3 is 2.48 bits per heavy atom. The lowest BCUT2D eigenvalue weighted by molar-refractivity contribution is -0.142. The molecule has 61 heavy (non-hydrogen) atoms. The molecule has 1 saturated heterocycles. The fourth-order valence-corrected chi connectivity index (χ4v) is 9.43. The number of benzene rings is 1. The zero-order chi connectivity index (χ0) is 44.3. The van der Waals surface area contributed by atoms with Crippen LogP contribution in [-0.4, -0.2) is 101 Å². The molecule has 1 saturated carbocycles. The number of nitrogens with one attached hydrogen (secondary N) is 4. The summed E-state index contributed by atoms with van der Waals surface area (Å²) in [5, 5.41) is 10.3. The van der Waals surface area contributed by atoms with E-state index in [1.807, 2.05) is 6.08 Å². The van der Waals surface area contributed by atoms with Gasteiger partial charge >= 0.3 is 6.09 Å². The van der Waals surface area contributed by atoms with Crippen LogP contribution in [0.4, 0.5) is 9.93 Å². The number of alkyl carbamates (subject to hydrolysis) is 1. The Bertz CT molecular complexity index is 2310. The summed E-state index contributed by atoms with van der Waals surface area (Å²) in [5.41, 5.74) is -1.19. The summed E-state index contributed by atoms with van der Waals surface area (Å²) in [7, 11) is -2.44. The van der Waals surface area contributed by atoms with Crippen molar-refractivity contribution in [3.05, 3.63) is 41.8 Å². The average molecular weight is 882 g/mol. The minimum atomic E-state index is -3.98. The largest absolute Gasteiger partial charge is 0.497 e. The molecule has 1 aromatic carbocycles. The van der Waals surface area contributed by atoms with E-state index in [0.717, 1.165) is 12.8 Å². The third-order valence-corrected chi connectivity index (χ3v) is 13.5. The SMILES string of the molecule is COc1ccc2c(OC3C[C@H]4C(=O)N[C@@](C)(C(=O)NS(=O)(=O)C5CC5)C(C)C=CCCCCC[C@H](NC(=O)OC(C)(C)C)C(=O)N4C3)cc(-c3csc(NC(C)=O)n3)nc2c1. The number of amides is 5.